The lowest BCUT2D eigenvalue weighted by Gasteiger charge is -2.28. The first-order valence-corrected chi connectivity index (χ1v) is 149. The van der Waals surface area contributed by atoms with Crippen molar-refractivity contribution in [3.8, 4) is 0 Å². The fraction of sp³-hybridized carbons (Fsp3) is 1.00. The predicted molar refractivity (Wildman–Crippen MR) is 411 cm³/mol. The summed E-state index contributed by atoms with van der Waals surface area (Å²) in [5.74, 6) is 0. The highest BCUT2D eigenvalue weighted by molar-refractivity contribution is 7.85. The van der Waals surface area contributed by atoms with E-state index in [-0.39, 0.29) is 0 Å². The van der Waals surface area contributed by atoms with Gasteiger partial charge in [0, 0.05) is 0 Å². The third kappa shape index (κ3) is 42.7. The minimum Gasteiger partial charge on any atom is -0.460 e. The van der Waals surface area contributed by atoms with Crippen molar-refractivity contribution in [2.75, 3.05) is 0 Å². The lowest BCUT2D eigenvalue weighted by Crippen LogP contribution is -2.59. The van der Waals surface area contributed by atoms with E-state index < -0.39 is 399 Å². The van der Waals surface area contributed by atoms with Gasteiger partial charge in [0.2, 0.25) is 35.0 Å². The van der Waals surface area contributed by atoms with E-state index in [1.807, 2.05) is 19.6 Å². The molecule has 111 heavy (non-hydrogen) atoms. The second-order valence-corrected chi connectivity index (χ2v) is 250. The van der Waals surface area contributed by atoms with Crippen LogP contribution in [0.4, 0.5) is 0 Å². The first kappa shape index (κ1) is 121. The third-order valence-corrected chi connectivity index (χ3v) is 353. The number of rotatable bonds is 49. The molecule has 0 rings (SSSR count). The van der Waals surface area contributed by atoms with E-state index in [0.717, 1.165) is 0 Å². The minimum atomic E-state index is -4.52. The molecule has 0 aromatic rings. The summed E-state index contributed by atoms with van der Waals surface area (Å²) in [6.45, 7) is 21.6. The van der Waals surface area contributed by atoms with Gasteiger partial charge < -0.3 is 186 Å². The Hall–Kier alpha value is 1.88. The molecule has 0 spiro atoms. The summed E-state index contributed by atoms with van der Waals surface area (Å²) < 4.78 is 549. The maximum atomic E-state index is 12.9. The van der Waals surface area contributed by atoms with Crippen LogP contribution in [0.2, 0.25) is 85.1 Å². The second kappa shape index (κ2) is 58.9. The summed E-state index contributed by atoms with van der Waals surface area (Å²) in [7, 11) is -176. The monoisotopic (exact) mass is 2370 g/mol. The molecule has 0 amide bonds. The lowest BCUT2D eigenvalue weighted by molar-refractivity contribution is 0.496. The van der Waals surface area contributed by atoms with Crippen LogP contribution in [-0.2, 0) is 213 Å². The highest BCUT2D eigenvalue weighted by atomic mass is 30.1. The van der Waals surface area contributed by atoms with Crippen molar-refractivity contribution in [1.29, 1.82) is 0 Å². The summed E-state index contributed by atoms with van der Waals surface area (Å²) in [5.41, 5.74) is 0. The van der Waals surface area contributed by atoms with Gasteiger partial charge in [-0.25, -0.2) is 0 Å². The summed E-state index contributed by atoms with van der Waals surface area (Å²) >= 11 is 0. The summed E-state index contributed by atoms with van der Waals surface area (Å²) in [4.78, 5) is 0. The molecule has 1 unspecified atom stereocenters. The second-order valence-electron chi connectivity index (χ2n) is 22.7. The molecule has 1 atom stereocenters. The van der Waals surface area contributed by atoms with Crippen molar-refractivity contribution < 1.29 is 213 Å². The lowest BCUT2D eigenvalue weighted by atomic mass is 11.8. The van der Waals surface area contributed by atoms with Gasteiger partial charge in [-0.2, -0.15) is 0 Å². The van der Waals surface area contributed by atoms with E-state index in [0.29, 0.717) is 0 Å². The van der Waals surface area contributed by atoms with Crippen LogP contribution in [-0.4, -0.2) is 399 Å². The highest BCUT2D eigenvalue weighted by Crippen LogP contribution is 2.14. The molecular weight excluding hydrogens is 2330 g/mol. The summed E-state index contributed by atoms with van der Waals surface area (Å²) in [5, 5.41) is 0. The van der Waals surface area contributed by atoms with Gasteiger partial charge in [0.25, 0.3) is 7.72 Å². The zero-order valence-corrected chi connectivity index (χ0v) is 110. The van der Waals surface area contributed by atoms with Crippen LogP contribution in [0.25, 0.3) is 0 Å². The molecule has 0 N–H and O–H groups in total. The predicted octanol–water partition coefficient (Wildman–Crippen LogP) is -19.4. The van der Waals surface area contributed by atoms with Gasteiger partial charge >= 0.3 is 313 Å². The maximum absolute atomic E-state index is 12.9. The zero-order chi connectivity index (χ0) is 89.2. The quantitative estimate of drug-likeness (QED) is 0.0510. The third-order valence-electron chi connectivity index (χ3n) is 11.1. The van der Waals surface area contributed by atoms with E-state index in [4.69, 9.17) is 43.2 Å². The van der Waals surface area contributed by atoms with Crippen molar-refractivity contribution in [2.45, 2.75) is 85.1 Å². The molecular formula is C13H48O48Si50. The van der Waals surface area contributed by atoms with Gasteiger partial charge in [-0.05, 0) is 72.0 Å². The van der Waals surface area contributed by atoms with Crippen molar-refractivity contribution in [3.63, 3.8) is 0 Å². The molecule has 0 aliphatic carbocycles. The van der Waals surface area contributed by atoms with Crippen LogP contribution in [0.5, 0.6) is 0 Å². The zero-order valence-electron chi connectivity index (χ0n) is 58.4. The molecule has 588 valence electrons. The van der Waals surface area contributed by atoms with Crippen LogP contribution >= 0.6 is 0 Å². The van der Waals surface area contributed by atoms with Crippen molar-refractivity contribution in [3.05, 3.63) is 0 Å². The smallest absolute Gasteiger partial charge is 0.460 e. The molecule has 0 aliphatic rings. The average Bonchev–Trinajstić information content (AvgIpc) is 0.820. The molecule has 0 saturated carbocycles. The van der Waals surface area contributed by atoms with Gasteiger partial charge in [-0.3, -0.25) is 26.8 Å². The molecule has 0 aromatic heterocycles. The van der Waals surface area contributed by atoms with E-state index in [1.54, 1.807) is 32.7 Å². The SMILES string of the molecule is C[SiH](C)O[SiH2][Si](=O)[Si](=O)[Si](=O)[Si](=O)[Si](=O)[Si](=O)[Si](=O)[Si](=O)[Si](=O)[Si](=O)[Si](=O)[Si](=O)[Si](=O)[Si](=O)[Si](=O)[Si](=O)[SiH](C)C.C[SiH](O[SiH2][Si](=O)[Si](=O)[Si](=O)[Si](=O)[Si](=O)[Si](=O)[Si](=O)[Si](=O)[Si](=O)[Si](=O)[Si](=O)[Si](=O)[Si](=O)[Si](=O)[Si](=O)[Si](=O)[Si](=O)[Si](=O)[Si](=O)[Si](=O)[Si](=O)[Si](C)(C)O[Si](C)(C)C)[Si](=O)[SiH2]O[Si](C)(C)C.O=[Si]=O.O=[Si]=O.O=[Si]=O. The summed E-state index contributed by atoms with van der Waals surface area (Å²) in [6.07, 6.45) is 0. The molecule has 0 aromatic carbocycles. The topological polar surface area (TPSA) is 788 Å². The van der Waals surface area contributed by atoms with E-state index >= 15 is 0 Å². The molecule has 0 heterocycles. The van der Waals surface area contributed by atoms with Crippen molar-refractivity contribution >= 4 is 399 Å². The van der Waals surface area contributed by atoms with Crippen molar-refractivity contribution in [2.24, 2.45) is 0 Å². The first-order chi connectivity index (χ1) is 50.3. The standard InChI is InChI=1S/C9H32O25Si28.C4H16O17Si19.3O2Si/c1-37(38(10)36-33-60(2,3)4)32-35-39(11)40(12)41(13)42(14)43(15)44(16)45(17)46(18)47(19)48(20)49(21)50(22)51(23)52(24)53(25)54(26)55(27)56(28)57(29)58(30)59(31)62(8,9)34-61(5,6)7;1-23(2)21-22-25(5)27(7)29(9)31(11)33(13)35(15)37(17)39(19)40(20)38(18)36(16)34(14)32(12)30(10)28(8)26(6)24(3)4;3*1-3-2/h37H,35-36H2,1-9H3;23-24H,22H2,1-4H3;;;. The van der Waals surface area contributed by atoms with Gasteiger partial charge in [0.1, 0.15) is 0 Å². The Morgan fingerprint density at radius 3 is 0.604 bits per heavy atom. The Morgan fingerprint density at radius 2 is 0.423 bits per heavy atom. The highest BCUT2D eigenvalue weighted by Gasteiger charge is 2.59. The minimum absolute atomic E-state index is 1.40. The van der Waals surface area contributed by atoms with Crippen LogP contribution in [0, 0.1) is 0 Å². The molecule has 0 saturated heterocycles. The molecule has 98 heteroatoms. The van der Waals surface area contributed by atoms with Crippen LogP contribution in [0.3, 0.4) is 0 Å². The summed E-state index contributed by atoms with van der Waals surface area (Å²) in [6, 6.07) is 0. The molecule has 0 aliphatic heterocycles. The molecule has 0 bridgehead atoms. The fourth-order valence-electron chi connectivity index (χ4n) is 5.88. The maximum Gasteiger partial charge on any atom is 0.549 e. The van der Waals surface area contributed by atoms with E-state index in [9.17, 15) is 170 Å². The Balaban J connectivity index is -0.000000654. The van der Waals surface area contributed by atoms with Crippen LogP contribution < -0.4 is 0 Å². The van der Waals surface area contributed by atoms with Gasteiger partial charge in [0.15, 0.2) is 35.0 Å². The van der Waals surface area contributed by atoms with Crippen molar-refractivity contribution in [1.82, 2.24) is 0 Å². The van der Waals surface area contributed by atoms with Crippen LogP contribution in [0.15, 0.2) is 0 Å². The fourth-order valence-corrected chi connectivity index (χ4v) is 503. The van der Waals surface area contributed by atoms with E-state index in [2.05, 4.69) is 0 Å². The Kier molecular flexibility index (Phi) is 64.4. The normalized spacial score (nSPS) is 10.8. The van der Waals surface area contributed by atoms with Gasteiger partial charge in [-0.15, -0.1) is 0 Å². The molecule has 48 nitrogen and oxygen atoms in total. The molecule has 0 fully saturated rings. The first-order valence-electron chi connectivity index (χ1n) is 28.5. The van der Waals surface area contributed by atoms with Gasteiger partial charge in [0.05, 0.1) is 8.31 Å². The Morgan fingerprint density at radius 1 is 0.243 bits per heavy atom. The Labute approximate surface area is 689 Å². The van der Waals surface area contributed by atoms with Gasteiger partial charge in [-0.1, -0.05) is 13.1 Å². The molecule has 0 radical (unpaired) electrons. The van der Waals surface area contributed by atoms with E-state index in [1.165, 1.54) is 32.7 Å². The number of hydrogen-bond donors (Lipinski definition) is 0. The van der Waals surface area contributed by atoms with Crippen LogP contribution in [0.1, 0.15) is 0 Å². The number of hydrogen-bond acceptors (Lipinski definition) is 48. The largest absolute Gasteiger partial charge is 0.549 e. The average molecular weight is 2380 g/mol. The Bertz CT molecular complexity index is 4470.